The number of carbonyl (C=O) groups excluding carboxylic acids is 2. The summed E-state index contributed by atoms with van der Waals surface area (Å²) in [6.07, 6.45) is 1.36. The van der Waals surface area contributed by atoms with Gasteiger partial charge in [-0.05, 0) is 43.7 Å². The Kier molecular flexibility index (Phi) is 5.85. The highest BCUT2D eigenvalue weighted by molar-refractivity contribution is 6.35. The van der Waals surface area contributed by atoms with E-state index in [4.69, 9.17) is 27.6 Å². The van der Waals surface area contributed by atoms with Gasteiger partial charge in [-0.2, -0.15) is 0 Å². The summed E-state index contributed by atoms with van der Waals surface area (Å²) in [5.41, 5.74) is 0.386. The summed E-state index contributed by atoms with van der Waals surface area (Å²) in [5, 5.41) is 5.30. The minimum absolute atomic E-state index is 0.0960. The molecule has 1 aromatic carbocycles. The fourth-order valence-corrected chi connectivity index (χ4v) is 2.57. The fourth-order valence-electron chi connectivity index (χ4n) is 2.03. The zero-order valence-corrected chi connectivity index (χ0v) is 14.4. The first kappa shape index (κ1) is 18.3. The molecular weight excluding hydrogens is 358 g/mol. The molecule has 2 atom stereocenters. The molecule has 0 aliphatic heterocycles. The van der Waals surface area contributed by atoms with E-state index >= 15 is 0 Å². The van der Waals surface area contributed by atoms with Gasteiger partial charge in [0.25, 0.3) is 5.91 Å². The second kappa shape index (κ2) is 7.68. The van der Waals surface area contributed by atoms with Crippen LogP contribution < -0.4 is 10.6 Å². The van der Waals surface area contributed by atoms with E-state index < -0.39 is 29.7 Å². The molecule has 2 amide bonds. The van der Waals surface area contributed by atoms with Crippen molar-refractivity contribution in [2.45, 2.75) is 25.9 Å². The maximum Gasteiger partial charge on any atom is 0.287 e. The summed E-state index contributed by atoms with van der Waals surface area (Å²) in [7, 11) is 0. The van der Waals surface area contributed by atoms with Crippen LogP contribution in [-0.2, 0) is 4.79 Å². The third-order valence-electron chi connectivity index (χ3n) is 3.35. The Hall–Kier alpha value is -2.05. The second-order valence-corrected chi connectivity index (χ2v) is 6.00. The molecule has 5 nitrogen and oxygen atoms in total. The highest BCUT2D eigenvalue weighted by Crippen LogP contribution is 2.28. The lowest BCUT2D eigenvalue weighted by Crippen LogP contribution is -2.45. The predicted octanol–water partition coefficient (Wildman–Crippen LogP) is 3.72. The van der Waals surface area contributed by atoms with Crippen LogP contribution in [0.2, 0.25) is 10.0 Å². The van der Waals surface area contributed by atoms with Gasteiger partial charge in [0.1, 0.15) is 11.9 Å². The Morgan fingerprint density at radius 2 is 1.88 bits per heavy atom. The van der Waals surface area contributed by atoms with Gasteiger partial charge in [0.05, 0.1) is 17.3 Å². The van der Waals surface area contributed by atoms with E-state index in [9.17, 15) is 14.0 Å². The minimum atomic E-state index is -0.819. The minimum Gasteiger partial charge on any atom is -0.459 e. The number of nitrogens with one attached hydrogen (secondary N) is 2. The topological polar surface area (TPSA) is 71.3 Å². The van der Waals surface area contributed by atoms with Gasteiger partial charge in [-0.3, -0.25) is 9.59 Å². The SMILES string of the molecule is C[C@H](NC(=O)c1ccco1)C(=O)N[C@@H](C)c1cc(F)c(Cl)cc1Cl. The van der Waals surface area contributed by atoms with E-state index in [1.165, 1.54) is 31.4 Å². The first-order valence-electron chi connectivity index (χ1n) is 7.08. The van der Waals surface area contributed by atoms with E-state index in [0.29, 0.717) is 5.56 Å². The summed E-state index contributed by atoms with van der Waals surface area (Å²) in [6.45, 7) is 3.17. The Labute approximate surface area is 148 Å². The quantitative estimate of drug-likeness (QED) is 0.785. The van der Waals surface area contributed by atoms with Crippen LogP contribution in [0.1, 0.15) is 36.0 Å². The van der Waals surface area contributed by atoms with Crippen LogP contribution in [-0.4, -0.2) is 17.9 Å². The molecule has 0 aliphatic carbocycles. The van der Waals surface area contributed by atoms with Gasteiger partial charge in [-0.15, -0.1) is 0 Å². The van der Waals surface area contributed by atoms with Crippen LogP contribution in [0.5, 0.6) is 0 Å². The zero-order valence-electron chi connectivity index (χ0n) is 12.9. The van der Waals surface area contributed by atoms with E-state index in [1.807, 2.05) is 0 Å². The second-order valence-electron chi connectivity index (χ2n) is 5.19. The van der Waals surface area contributed by atoms with Gasteiger partial charge in [0.15, 0.2) is 5.76 Å². The Bertz CT molecular complexity index is 750. The monoisotopic (exact) mass is 372 g/mol. The largest absolute Gasteiger partial charge is 0.459 e. The lowest BCUT2D eigenvalue weighted by atomic mass is 10.1. The molecule has 0 aliphatic rings. The maximum atomic E-state index is 13.6. The van der Waals surface area contributed by atoms with Gasteiger partial charge < -0.3 is 15.1 Å². The number of rotatable bonds is 5. The van der Waals surface area contributed by atoms with Gasteiger partial charge in [-0.1, -0.05) is 23.2 Å². The summed E-state index contributed by atoms with van der Waals surface area (Å²) in [5.74, 6) is -1.48. The summed E-state index contributed by atoms with van der Waals surface area (Å²) < 4.78 is 18.5. The average Bonchev–Trinajstić information content (AvgIpc) is 3.05. The maximum absolute atomic E-state index is 13.6. The molecule has 0 saturated heterocycles. The molecule has 8 heteroatoms. The lowest BCUT2D eigenvalue weighted by molar-refractivity contribution is -0.123. The number of hydrogen-bond donors (Lipinski definition) is 2. The number of halogens is 3. The first-order chi connectivity index (χ1) is 11.3. The normalized spacial score (nSPS) is 13.2. The number of amides is 2. The first-order valence-corrected chi connectivity index (χ1v) is 7.84. The Balaban J connectivity index is 2.00. The van der Waals surface area contributed by atoms with Crippen LogP contribution in [0.3, 0.4) is 0 Å². The smallest absolute Gasteiger partial charge is 0.287 e. The van der Waals surface area contributed by atoms with Crippen LogP contribution in [0.25, 0.3) is 0 Å². The van der Waals surface area contributed by atoms with Crippen molar-refractivity contribution in [1.29, 1.82) is 0 Å². The van der Waals surface area contributed by atoms with Crippen molar-refractivity contribution in [3.63, 3.8) is 0 Å². The number of carbonyl (C=O) groups is 2. The van der Waals surface area contributed by atoms with Gasteiger partial charge in [0, 0.05) is 5.02 Å². The summed E-state index contributed by atoms with van der Waals surface area (Å²) in [6, 6.07) is 4.11. The highest BCUT2D eigenvalue weighted by atomic mass is 35.5. The molecule has 0 bridgehead atoms. The third kappa shape index (κ3) is 4.27. The summed E-state index contributed by atoms with van der Waals surface area (Å²) >= 11 is 11.7. The van der Waals surface area contributed by atoms with Crippen LogP contribution in [0.4, 0.5) is 4.39 Å². The molecule has 0 unspecified atom stereocenters. The molecule has 0 fully saturated rings. The number of hydrogen-bond acceptors (Lipinski definition) is 3. The molecule has 128 valence electrons. The number of benzene rings is 1. The van der Waals surface area contributed by atoms with Crippen LogP contribution in [0, 0.1) is 5.82 Å². The highest BCUT2D eigenvalue weighted by Gasteiger charge is 2.21. The van der Waals surface area contributed by atoms with Crippen molar-refractivity contribution in [3.8, 4) is 0 Å². The van der Waals surface area contributed by atoms with Gasteiger partial charge in [-0.25, -0.2) is 4.39 Å². The van der Waals surface area contributed by atoms with Crippen molar-refractivity contribution < 1.29 is 18.4 Å². The molecule has 0 saturated carbocycles. The van der Waals surface area contributed by atoms with Crippen LogP contribution >= 0.6 is 23.2 Å². The molecule has 1 aromatic heterocycles. The zero-order chi connectivity index (χ0) is 17.9. The molecule has 1 heterocycles. The standard InChI is InChI=1S/C16H15Cl2FN2O3/c1-8(10-6-13(19)12(18)7-11(10)17)20-15(22)9(2)21-16(23)14-4-3-5-24-14/h3-9H,1-2H3,(H,20,22)(H,21,23)/t8-,9-/m0/s1. The van der Waals surface area contributed by atoms with Crippen molar-refractivity contribution in [2.24, 2.45) is 0 Å². The number of furan rings is 1. The summed E-state index contributed by atoms with van der Waals surface area (Å²) in [4.78, 5) is 24.0. The molecule has 0 radical (unpaired) electrons. The van der Waals surface area contributed by atoms with Gasteiger partial charge >= 0.3 is 0 Å². The molecule has 2 rings (SSSR count). The van der Waals surface area contributed by atoms with E-state index in [0.717, 1.165) is 0 Å². The van der Waals surface area contributed by atoms with Crippen molar-refractivity contribution >= 4 is 35.0 Å². The van der Waals surface area contributed by atoms with E-state index in [2.05, 4.69) is 10.6 Å². The molecular formula is C16H15Cl2FN2O3. The van der Waals surface area contributed by atoms with E-state index in [-0.39, 0.29) is 15.8 Å². The molecule has 24 heavy (non-hydrogen) atoms. The van der Waals surface area contributed by atoms with Crippen LogP contribution in [0.15, 0.2) is 34.9 Å². The Morgan fingerprint density at radius 1 is 1.17 bits per heavy atom. The Morgan fingerprint density at radius 3 is 2.50 bits per heavy atom. The van der Waals surface area contributed by atoms with E-state index in [1.54, 1.807) is 13.0 Å². The fraction of sp³-hybridized carbons (Fsp3) is 0.250. The molecule has 0 spiro atoms. The molecule has 2 N–H and O–H groups in total. The molecule has 2 aromatic rings. The van der Waals surface area contributed by atoms with Crippen molar-refractivity contribution in [2.75, 3.05) is 0 Å². The third-order valence-corrected chi connectivity index (χ3v) is 3.97. The predicted molar refractivity (Wildman–Crippen MR) is 88.6 cm³/mol. The average molecular weight is 373 g/mol. The lowest BCUT2D eigenvalue weighted by Gasteiger charge is -2.19. The van der Waals surface area contributed by atoms with Crippen molar-refractivity contribution in [3.05, 3.63) is 57.7 Å². The van der Waals surface area contributed by atoms with Gasteiger partial charge in [0.2, 0.25) is 5.91 Å². The van der Waals surface area contributed by atoms with Crippen molar-refractivity contribution in [1.82, 2.24) is 10.6 Å².